The Morgan fingerprint density at radius 1 is 0.941 bits per heavy atom. The smallest absolute Gasteiger partial charge is 0.240 e. The zero-order valence-electron chi connectivity index (χ0n) is 19.2. The number of rotatable bonds is 7. The average Bonchev–Trinajstić information content (AvgIpc) is 2.89. The monoisotopic (exact) mass is 480 g/mol. The van der Waals surface area contributed by atoms with Gasteiger partial charge >= 0.3 is 0 Å². The van der Waals surface area contributed by atoms with Crippen LogP contribution >= 0.6 is 0 Å². The summed E-state index contributed by atoms with van der Waals surface area (Å²) in [4.78, 5) is 13.8. The van der Waals surface area contributed by atoms with Crippen LogP contribution in [0.2, 0.25) is 0 Å². The summed E-state index contributed by atoms with van der Waals surface area (Å²) in [6.45, 7) is 1.03. The number of carbonyl (C=O) groups is 1. The number of hydrogen-bond donors (Lipinski definition) is 2. The Labute approximate surface area is 200 Å². The van der Waals surface area contributed by atoms with Gasteiger partial charge in [0.15, 0.2) is 0 Å². The molecule has 0 atom stereocenters. The van der Waals surface area contributed by atoms with Gasteiger partial charge in [-0.1, -0.05) is 36.4 Å². The maximum Gasteiger partial charge on any atom is 0.240 e. The highest BCUT2D eigenvalue weighted by molar-refractivity contribution is 7.89. The minimum atomic E-state index is -3.50. The summed E-state index contributed by atoms with van der Waals surface area (Å²) < 4.78 is 37.1. The standard InChI is InChI=1S/C26H28N2O5S/c1-27-34(30,31)24-12-6-19(7-13-24)20-4-3-5-22(18-20)28-25(29)26(14-16-33-17-15-26)21-8-10-23(32-2)11-9-21/h3-13,18,27H,14-17H2,1-2H3,(H,28,29). The van der Waals surface area contributed by atoms with E-state index in [4.69, 9.17) is 9.47 Å². The third-order valence-electron chi connectivity index (χ3n) is 6.31. The van der Waals surface area contributed by atoms with Crippen molar-refractivity contribution in [1.82, 2.24) is 4.72 Å². The first kappa shape index (κ1) is 23.9. The Morgan fingerprint density at radius 3 is 2.24 bits per heavy atom. The lowest BCUT2D eigenvalue weighted by atomic mass is 9.73. The lowest BCUT2D eigenvalue weighted by Crippen LogP contribution is -2.44. The zero-order chi connectivity index (χ0) is 24.2. The largest absolute Gasteiger partial charge is 0.497 e. The molecule has 0 aromatic heterocycles. The molecule has 1 amide bonds. The fourth-order valence-electron chi connectivity index (χ4n) is 4.25. The second kappa shape index (κ2) is 9.97. The van der Waals surface area contributed by atoms with E-state index in [9.17, 15) is 13.2 Å². The number of methoxy groups -OCH3 is 1. The highest BCUT2D eigenvalue weighted by atomic mass is 32.2. The van der Waals surface area contributed by atoms with Gasteiger partial charge in [-0.15, -0.1) is 0 Å². The van der Waals surface area contributed by atoms with Gasteiger partial charge in [-0.2, -0.15) is 0 Å². The van der Waals surface area contributed by atoms with Crippen molar-refractivity contribution in [3.63, 3.8) is 0 Å². The van der Waals surface area contributed by atoms with Gasteiger partial charge in [0.1, 0.15) is 5.75 Å². The van der Waals surface area contributed by atoms with Gasteiger partial charge < -0.3 is 14.8 Å². The molecule has 178 valence electrons. The van der Waals surface area contributed by atoms with Crippen LogP contribution in [0.15, 0.2) is 77.7 Å². The van der Waals surface area contributed by atoms with E-state index in [0.717, 1.165) is 22.4 Å². The first-order valence-electron chi connectivity index (χ1n) is 11.1. The molecule has 0 bridgehead atoms. The van der Waals surface area contributed by atoms with Crippen molar-refractivity contribution >= 4 is 21.6 Å². The lowest BCUT2D eigenvalue weighted by molar-refractivity contribution is -0.125. The number of carbonyl (C=O) groups excluding carboxylic acids is 1. The molecule has 0 aliphatic carbocycles. The highest BCUT2D eigenvalue weighted by Crippen LogP contribution is 2.37. The molecule has 1 aliphatic heterocycles. The second-order valence-corrected chi connectivity index (χ2v) is 10.1. The predicted octanol–water partition coefficient (Wildman–Crippen LogP) is 3.96. The average molecular weight is 481 g/mol. The molecule has 0 saturated carbocycles. The van der Waals surface area contributed by atoms with Crippen molar-refractivity contribution in [3.05, 3.63) is 78.4 Å². The van der Waals surface area contributed by atoms with Crippen LogP contribution in [-0.4, -0.2) is 41.7 Å². The van der Waals surface area contributed by atoms with Gasteiger partial charge in [0.05, 0.1) is 17.4 Å². The highest BCUT2D eigenvalue weighted by Gasteiger charge is 2.41. The fraction of sp³-hybridized carbons (Fsp3) is 0.269. The van der Waals surface area contributed by atoms with Gasteiger partial charge in [-0.25, -0.2) is 13.1 Å². The minimum Gasteiger partial charge on any atom is -0.497 e. The van der Waals surface area contributed by atoms with Crippen LogP contribution in [0.4, 0.5) is 5.69 Å². The van der Waals surface area contributed by atoms with E-state index in [1.807, 2.05) is 48.5 Å². The lowest BCUT2D eigenvalue weighted by Gasteiger charge is -2.36. The summed E-state index contributed by atoms with van der Waals surface area (Å²) in [5.74, 6) is 0.668. The molecule has 1 saturated heterocycles. The van der Waals surface area contributed by atoms with Crippen molar-refractivity contribution in [3.8, 4) is 16.9 Å². The molecule has 0 radical (unpaired) electrons. The SMILES string of the molecule is CNS(=O)(=O)c1ccc(-c2cccc(NC(=O)C3(c4ccc(OC)cc4)CCOCC3)c2)cc1. The maximum absolute atomic E-state index is 13.6. The molecule has 7 nitrogen and oxygen atoms in total. The summed E-state index contributed by atoms with van der Waals surface area (Å²) in [6, 6.07) is 21.8. The third-order valence-corrected chi connectivity index (χ3v) is 7.74. The van der Waals surface area contributed by atoms with Crippen LogP contribution in [0.5, 0.6) is 5.75 Å². The van der Waals surface area contributed by atoms with Gasteiger partial charge in [-0.05, 0) is 73.0 Å². The van der Waals surface area contributed by atoms with E-state index in [1.54, 1.807) is 31.4 Å². The van der Waals surface area contributed by atoms with Crippen LogP contribution in [-0.2, 0) is 25.0 Å². The minimum absolute atomic E-state index is 0.0754. The van der Waals surface area contributed by atoms with E-state index >= 15 is 0 Å². The topological polar surface area (TPSA) is 93.7 Å². The molecule has 3 aromatic rings. The first-order valence-corrected chi connectivity index (χ1v) is 12.5. The molecule has 1 heterocycles. The first-order chi connectivity index (χ1) is 16.4. The van der Waals surface area contributed by atoms with Gasteiger partial charge in [0, 0.05) is 18.9 Å². The Morgan fingerprint density at radius 2 is 1.62 bits per heavy atom. The normalized spacial score (nSPS) is 15.5. The molecule has 8 heteroatoms. The van der Waals surface area contributed by atoms with Gasteiger partial charge in [0.2, 0.25) is 15.9 Å². The van der Waals surface area contributed by atoms with Crippen LogP contribution in [0.1, 0.15) is 18.4 Å². The molecule has 2 N–H and O–H groups in total. The van der Waals surface area contributed by atoms with E-state index in [2.05, 4.69) is 10.0 Å². The van der Waals surface area contributed by atoms with Crippen LogP contribution < -0.4 is 14.8 Å². The van der Waals surface area contributed by atoms with E-state index in [1.165, 1.54) is 7.05 Å². The summed E-state index contributed by atoms with van der Waals surface area (Å²) in [5.41, 5.74) is 2.64. The number of nitrogens with one attached hydrogen (secondary N) is 2. The molecule has 4 rings (SSSR count). The molecule has 0 spiro atoms. The van der Waals surface area contributed by atoms with Crippen LogP contribution in [0.25, 0.3) is 11.1 Å². The number of anilines is 1. The number of ether oxygens (including phenoxy) is 2. The third kappa shape index (κ3) is 4.84. The van der Waals surface area contributed by atoms with Crippen molar-refractivity contribution in [2.24, 2.45) is 0 Å². The Balaban J connectivity index is 1.59. The Bertz CT molecular complexity index is 1250. The predicted molar refractivity (Wildman–Crippen MR) is 131 cm³/mol. The second-order valence-electron chi connectivity index (χ2n) is 8.19. The quantitative estimate of drug-likeness (QED) is 0.534. The van der Waals surface area contributed by atoms with E-state index < -0.39 is 15.4 Å². The molecular formula is C26H28N2O5S. The van der Waals surface area contributed by atoms with Gasteiger partial charge in [-0.3, -0.25) is 4.79 Å². The van der Waals surface area contributed by atoms with Gasteiger partial charge in [0.25, 0.3) is 0 Å². The number of sulfonamides is 1. The van der Waals surface area contributed by atoms with Crippen molar-refractivity contribution < 1.29 is 22.7 Å². The summed E-state index contributed by atoms with van der Waals surface area (Å²) in [7, 11) is -0.498. The Hall–Kier alpha value is -3.20. The summed E-state index contributed by atoms with van der Waals surface area (Å²) in [6.07, 6.45) is 1.18. The van der Waals surface area contributed by atoms with E-state index in [-0.39, 0.29) is 10.8 Å². The molecule has 0 unspecified atom stereocenters. The van der Waals surface area contributed by atoms with E-state index in [0.29, 0.717) is 31.7 Å². The zero-order valence-corrected chi connectivity index (χ0v) is 20.0. The van der Waals surface area contributed by atoms with Crippen molar-refractivity contribution in [1.29, 1.82) is 0 Å². The van der Waals surface area contributed by atoms with Crippen LogP contribution in [0.3, 0.4) is 0 Å². The van der Waals surface area contributed by atoms with Crippen molar-refractivity contribution in [2.75, 3.05) is 32.7 Å². The molecular weight excluding hydrogens is 452 g/mol. The fourth-order valence-corrected chi connectivity index (χ4v) is 4.98. The molecule has 3 aromatic carbocycles. The maximum atomic E-state index is 13.6. The Kier molecular flexibility index (Phi) is 7.02. The summed E-state index contributed by atoms with van der Waals surface area (Å²) in [5, 5.41) is 3.10. The van der Waals surface area contributed by atoms with Crippen molar-refractivity contribution in [2.45, 2.75) is 23.2 Å². The molecule has 1 aliphatic rings. The van der Waals surface area contributed by atoms with Crippen LogP contribution in [0, 0.1) is 0 Å². The number of hydrogen-bond acceptors (Lipinski definition) is 5. The number of amides is 1. The summed E-state index contributed by atoms with van der Waals surface area (Å²) >= 11 is 0. The molecule has 34 heavy (non-hydrogen) atoms. The number of benzene rings is 3. The molecule has 1 fully saturated rings.